The summed E-state index contributed by atoms with van der Waals surface area (Å²) in [5, 5.41) is 4.91. The second-order valence-electron chi connectivity index (χ2n) is 3.71. The molecular weight excluding hydrogens is 250 g/mol. The fraction of sp³-hybridized carbons (Fsp3) is 0.333. The molecule has 0 saturated heterocycles. The summed E-state index contributed by atoms with van der Waals surface area (Å²) >= 11 is 0. The van der Waals surface area contributed by atoms with Crippen molar-refractivity contribution >= 4 is 11.9 Å². The molecule has 7 heteroatoms. The number of imide groups is 1. The molecule has 0 aliphatic carbocycles. The van der Waals surface area contributed by atoms with Gasteiger partial charge in [-0.3, -0.25) is 10.1 Å². The first-order valence-corrected chi connectivity index (χ1v) is 5.60. The van der Waals surface area contributed by atoms with Crippen molar-refractivity contribution in [1.82, 2.24) is 10.6 Å². The molecule has 3 amide bonds. The number of benzene rings is 1. The maximum absolute atomic E-state index is 11.2. The quantitative estimate of drug-likeness (QED) is 0.672. The minimum atomic E-state index is -0.904. The van der Waals surface area contributed by atoms with Crippen molar-refractivity contribution in [3.05, 3.63) is 23.8 Å². The number of rotatable bonds is 6. The van der Waals surface area contributed by atoms with E-state index in [2.05, 4.69) is 5.32 Å². The van der Waals surface area contributed by atoms with E-state index < -0.39 is 11.9 Å². The van der Waals surface area contributed by atoms with Gasteiger partial charge in [-0.1, -0.05) is 0 Å². The van der Waals surface area contributed by atoms with Crippen LogP contribution < -0.4 is 25.8 Å². The Bertz CT molecular complexity index is 462. The number of carbonyl (C=O) groups is 2. The number of carbonyl (C=O) groups excluding carboxylic acids is 2. The molecule has 0 radical (unpaired) electrons. The van der Waals surface area contributed by atoms with Crippen molar-refractivity contribution in [3.8, 4) is 11.5 Å². The number of nitrogens with two attached hydrogens (primary N) is 1. The van der Waals surface area contributed by atoms with E-state index in [1.54, 1.807) is 32.4 Å². The highest BCUT2D eigenvalue weighted by Crippen LogP contribution is 2.24. The molecule has 0 saturated carbocycles. The Morgan fingerprint density at radius 3 is 2.68 bits per heavy atom. The van der Waals surface area contributed by atoms with Crippen molar-refractivity contribution in [1.29, 1.82) is 0 Å². The first kappa shape index (κ1) is 14.8. The number of hydrogen-bond donors (Lipinski definition) is 3. The number of hydrogen-bond acceptors (Lipinski definition) is 5. The highest BCUT2D eigenvalue weighted by molar-refractivity contribution is 5.94. The molecule has 19 heavy (non-hydrogen) atoms. The van der Waals surface area contributed by atoms with Crippen LogP contribution in [-0.4, -0.2) is 32.7 Å². The molecule has 4 N–H and O–H groups in total. The van der Waals surface area contributed by atoms with E-state index in [9.17, 15) is 9.59 Å². The van der Waals surface area contributed by atoms with E-state index in [0.29, 0.717) is 18.0 Å². The molecule has 7 nitrogen and oxygen atoms in total. The highest BCUT2D eigenvalue weighted by Gasteiger charge is 2.09. The van der Waals surface area contributed by atoms with Crippen LogP contribution in [0.4, 0.5) is 4.79 Å². The number of ether oxygens (including phenoxy) is 2. The predicted octanol–water partition coefficient (Wildman–Crippen LogP) is -0.0117. The summed E-state index contributed by atoms with van der Waals surface area (Å²) in [6, 6.07) is 4.32. The molecule has 1 rings (SSSR count). The first-order valence-electron chi connectivity index (χ1n) is 5.60. The number of primary amides is 1. The lowest BCUT2D eigenvalue weighted by molar-refractivity contribution is -0.121. The molecule has 0 heterocycles. The van der Waals surface area contributed by atoms with Gasteiger partial charge in [-0.05, 0) is 25.2 Å². The van der Waals surface area contributed by atoms with Gasteiger partial charge in [0.25, 0.3) is 5.91 Å². The van der Waals surface area contributed by atoms with E-state index in [1.165, 1.54) is 0 Å². The monoisotopic (exact) mass is 267 g/mol. The van der Waals surface area contributed by atoms with Crippen molar-refractivity contribution in [2.75, 3.05) is 20.8 Å². The van der Waals surface area contributed by atoms with Gasteiger partial charge in [0.15, 0.2) is 6.61 Å². The number of urea groups is 1. The molecule has 0 aliphatic rings. The van der Waals surface area contributed by atoms with Gasteiger partial charge < -0.3 is 20.5 Å². The third-order valence-corrected chi connectivity index (χ3v) is 2.26. The molecular formula is C12H17N3O4. The molecule has 1 aromatic rings. The summed E-state index contributed by atoms with van der Waals surface area (Å²) < 4.78 is 10.4. The molecule has 104 valence electrons. The zero-order chi connectivity index (χ0) is 14.3. The van der Waals surface area contributed by atoms with Crippen LogP contribution in [0, 0.1) is 0 Å². The van der Waals surface area contributed by atoms with Gasteiger partial charge in [0.1, 0.15) is 11.5 Å². The lowest BCUT2D eigenvalue weighted by Crippen LogP contribution is -2.38. The van der Waals surface area contributed by atoms with E-state index in [1.807, 2.05) is 5.32 Å². The summed E-state index contributed by atoms with van der Waals surface area (Å²) in [5.74, 6) is 0.632. The SMILES string of the molecule is CNCc1cc(OC)ccc1OCC(=O)NC(N)=O. The molecule has 0 spiro atoms. The Morgan fingerprint density at radius 1 is 1.37 bits per heavy atom. The summed E-state index contributed by atoms with van der Waals surface area (Å²) in [7, 11) is 3.36. The van der Waals surface area contributed by atoms with Crippen molar-refractivity contribution < 1.29 is 19.1 Å². The summed E-state index contributed by atoms with van der Waals surface area (Å²) in [6.07, 6.45) is 0. The Morgan fingerprint density at radius 2 is 2.11 bits per heavy atom. The normalized spacial score (nSPS) is 9.79. The average molecular weight is 267 g/mol. The topological polar surface area (TPSA) is 103 Å². The Labute approximate surface area is 111 Å². The van der Waals surface area contributed by atoms with Gasteiger partial charge >= 0.3 is 6.03 Å². The van der Waals surface area contributed by atoms with Crippen LogP contribution >= 0.6 is 0 Å². The molecule has 0 aliphatic heterocycles. The van der Waals surface area contributed by atoms with E-state index in [4.69, 9.17) is 15.2 Å². The van der Waals surface area contributed by atoms with Gasteiger partial charge in [0.05, 0.1) is 7.11 Å². The minimum absolute atomic E-state index is 0.286. The van der Waals surface area contributed by atoms with Gasteiger partial charge in [-0.2, -0.15) is 0 Å². The minimum Gasteiger partial charge on any atom is -0.497 e. The van der Waals surface area contributed by atoms with Gasteiger partial charge in [0, 0.05) is 12.1 Å². The fourth-order valence-electron chi connectivity index (χ4n) is 1.47. The van der Waals surface area contributed by atoms with Gasteiger partial charge in [-0.15, -0.1) is 0 Å². The lowest BCUT2D eigenvalue weighted by Gasteiger charge is -2.12. The maximum Gasteiger partial charge on any atom is 0.318 e. The van der Waals surface area contributed by atoms with Crippen molar-refractivity contribution in [2.45, 2.75) is 6.54 Å². The van der Waals surface area contributed by atoms with Crippen molar-refractivity contribution in [3.63, 3.8) is 0 Å². The second kappa shape index (κ2) is 7.22. The Hall–Kier alpha value is -2.28. The highest BCUT2D eigenvalue weighted by atomic mass is 16.5. The fourth-order valence-corrected chi connectivity index (χ4v) is 1.47. The standard InChI is InChI=1S/C12H17N3O4/c1-14-6-8-5-9(18-2)3-4-10(8)19-7-11(16)15-12(13)17/h3-5,14H,6-7H2,1-2H3,(H3,13,15,16,17). The zero-order valence-electron chi connectivity index (χ0n) is 10.9. The summed E-state index contributed by atoms with van der Waals surface area (Å²) in [6.45, 7) is 0.274. The third kappa shape index (κ3) is 4.84. The van der Waals surface area contributed by atoms with E-state index >= 15 is 0 Å². The molecule has 0 fully saturated rings. The number of nitrogens with one attached hydrogen (secondary N) is 2. The maximum atomic E-state index is 11.2. The summed E-state index contributed by atoms with van der Waals surface area (Å²) in [4.78, 5) is 21.7. The Balaban J connectivity index is 2.71. The third-order valence-electron chi connectivity index (χ3n) is 2.26. The van der Waals surface area contributed by atoms with Crippen molar-refractivity contribution in [2.24, 2.45) is 5.73 Å². The van der Waals surface area contributed by atoms with Crippen LogP contribution in [0.1, 0.15) is 5.56 Å². The average Bonchev–Trinajstić information content (AvgIpc) is 2.36. The number of methoxy groups -OCH3 is 1. The molecule has 0 aromatic heterocycles. The largest absolute Gasteiger partial charge is 0.497 e. The second-order valence-corrected chi connectivity index (χ2v) is 3.71. The zero-order valence-corrected chi connectivity index (χ0v) is 10.9. The first-order chi connectivity index (χ1) is 9.06. The molecule has 0 atom stereocenters. The van der Waals surface area contributed by atoms with Crippen LogP contribution in [0.25, 0.3) is 0 Å². The van der Waals surface area contributed by atoms with Crippen LogP contribution in [0.5, 0.6) is 11.5 Å². The molecule has 0 unspecified atom stereocenters. The lowest BCUT2D eigenvalue weighted by atomic mass is 10.2. The molecule has 0 bridgehead atoms. The van der Waals surface area contributed by atoms with Crippen LogP contribution in [-0.2, 0) is 11.3 Å². The van der Waals surface area contributed by atoms with E-state index in [0.717, 1.165) is 5.56 Å². The summed E-state index contributed by atoms with van der Waals surface area (Å²) in [5.41, 5.74) is 5.67. The van der Waals surface area contributed by atoms with Crippen LogP contribution in [0.3, 0.4) is 0 Å². The van der Waals surface area contributed by atoms with Crippen LogP contribution in [0.2, 0.25) is 0 Å². The van der Waals surface area contributed by atoms with E-state index in [-0.39, 0.29) is 6.61 Å². The predicted molar refractivity (Wildman–Crippen MR) is 69.0 cm³/mol. The van der Waals surface area contributed by atoms with Gasteiger partial charge in [0.2, 0.25) is 0 Å². The van der Waals surface area contributed by atoms with Crippen LogP contribution in [0.15, 0.2) is 18.2 Å². The number of amides is 3. The van der Waals surface area contributed by atoms with Gasteiger partial charge in [-0.25, -0.2) is 4.79 Å². The Kier molecular flexibility index (Phi) is 5.62. The smallest absolute Gasteiger partial charge is 0.318 e. The molecule has 1 aromatic carbocycles.